The predicted molar refractivity (Wildman–Crippen MR) is 109 cm³/mol. The van der Waals surface area contributed by atoms with E-state index in [2.05, 4.69) is 17.9 Å². The van der Waals surface area contributed by atoms with E-state index in [1.807, 2.05) is 4.90 Å². The Kier molecular flexibility index (Phi) is 5.86. The molecule has 148 valence electrons. The Morgan fingerprint density at radius 3 is 2.37 bits per heavy atom. The van der Waals surface area contributed by atoms with Crippen molar-refractivity contribution in [2.45, 2.75) is 64.7 Å². The van der Waals surface area contributed by atoms with Crippen LogP contribution in [-0.4, -0.2) is 47.8 Å². The highest BCUT2D eigenvalue weighted by Crippen LogP contribution is 2.34. The summed E-state index contributed by atoms with van der Waals surface area (Å²) in [5.74, 6) is 1.42. The quantitative estimate of drug-likeness (QED) is 0.764. The Morgan fingerprint density at radius 1 is 0.963 bits per heavy atom. The largest absolute Gasteiger partial charge is 0.342 e. The molecule has 5 heteroatoms. The van der Waals surface area contributed by atoms with E-state index in [1.54, 1.807) is 11.3 Å². The van der Waals surface area contributed by atoms with Crippen molar-refractivity contribution in [1.82, 2.24) is 9.80 Å². The first-order valence-electron chi connectivity index (χ1n) is 10.8. The highest BCUT2D eigenvalue weighted by Gasteiger charge is 2.32. The van der Waals surface area contributed by atoms with Gasteiger partial charge in [-0.3, -0.25) is 9.59 Å². The van der Waals surface area contributed by atoms with E-state index in [9.17, 15) is 9.59 Å². The molecule has 1 atom stereocenters. The monoisotopic (exact) mass is 388 g/mol. The maximum Gasteiger partial charge on any atom is 0.263 e. The second-order valence-electron chi connectivity index (χ2n) is 8.71. The van der Waals surface area contributed by atoms with Gasteiger partial charge < -0.3 is 9.80 Å². The molecule has 2 saturated heterocycles. The first-order valence-corrected chi connectivity index (χ1v) is 11.6. The molecule has 27 heavy (non-hydrogen) atoms. The van der Waals surface area contributed by atoms with Gasteiger partial charge in [-0.25, -0.2) is 0 Å². The smallest absolute Gasteiger partial charge is 0.263 e. The molecule has 0 N–H and O–H groups in total. The van der Waals surface area contributed by atoms with Gasteiger partial charge >= 0.3 is 0 Å². The normalized spacial score (nSPS) is 24.4. The fourth-order valence-corrected chi connectivity index (χ4v) is 5.93. The summed E-state index contributed by atoms with van der Waals surface area (Å²) in [6, 6.07) is 2.10. The molecule has 2 aliphatic heterocycles. The highest BCUT2D eigenvalue weighted by atomic mass is 32.1. The zero-order chi connectivity index (χ0) is 18.8. The lowest BCUT2D eigenvalue weighted by Gasteiger charge is -2.34. The Morgan fingerprint density at radius 2 is 1.67 bits per heavy atom. The van der Waals surface area contributed by atoms with Gasteiger partial charge in [0, 0.05) is 37.0 Å². The fraction of sp³-hybridized carbons (Fsp3) is 0.727. The van der Waals surface area contributed by atoms with Crippen LogP contribution in [0.5, 0.6) is 0 Å². The van der Waals surface area contributed by atoms with E-state index >= 15 is 0 Å². The Balaban J connectivity index is 1.41. The number of thiophene rings is 1. The summed E-state index contributed by atoms with van der Waals surface area (Å²) in [4.78, 5) is 32.2. The zero-order valence-electron chi connectivity index (χ0n) is 16.5. The molecular formula is C22H32N2O2S. The number of nitrogens with zero attached hydrogens (tertiary/aromatic N) is 2. The average Bonchev–Trinajstić information content (AvgIpc) is 2.92. The molecule has 2 fully saturated rings. The van der Waals surface area contributed by atoms with Crippen LogP contribution in [0.3, 0.4) is 0 Å². The summed E-state index contributed by atoms with van der Waals surface area (Å²) in [6.45, 7) is 5.92. The summed E-state index contributed by atoms with van der Waals surface area (Å²) in [7, 11) is 0. The van der Waals surface area contributed by atoms with Crippen molar-refractivity contribution in [3.8, 4) is 0 Å². The fourth-order valence-electron chi connectivity index (χ4n) is 4.76. The Hall–Kier alpha value is -1.36. The molecule has 4 nitrogen and oxygen atoms in total. The molecule has 0 radical (unpaired) electrons. The lowest BCUT2D eigenvalue weighted by molar-refractivity contribution is -0.137. The summed E-state index contributed by atoms with van der Waals surface area (Å²) in [5, 5.41) is 0. The standard InChI is InChI=1S/C22H32N2O2S/c1-16-8-12-24(13-9-16)21(25)17-6-7-19-18(14-17)15-20(27-19)22(26)23-10-4-2-3-5-11-23/h15-17H,2-14H2,1H3/t17-/m1/s1. The average molecular weight is 389 g/mol. The lowest BCUT2D eigenvalue weighted by Crippen LogP contribution is -2.42. The van der Waals surface area contributed by atoms with Crippen LogP contribution in [-0.2, 0) is 17.6 Å². The number of fused-ring (bicyclic) bond motifs is 1. The number of likely N-dealkylation sites (tertiary alicyclic amines) is 2. The molecule has 0 spiro atoms. The van der Waals surface area contributed by atoms with Gasteiger partial charge in [-0.2, -0.15) is 0 Å². The van der Waals surface area contributed by atoms with E-state index in [4.69, 9.17) is 0 Å². The molecule has 4 rings (SSSR count). The summed E-state index contributed by atoms with van der Waals surface area (Å²) in [6.07, 6.45) is 9.72. The van der Waals surface area contributed by atoms with Crippen molar-refractivity contribution in [3.05, 3.63) is 21.4 Å². The molecule has 1 aliphatic carbocycles. The number of rotatable bonds is 2. The van der Waals surface area contributed by atoms with Crippen LogP contribution in [0.15, 0.2) is 6.07 Å². The minimum absolute atomic E-state index is 0.113. The molecule has 0 aromatic carbocycles. The second kappa shape index (κ2) is 8.34. The molecule has 1 aromatic heterocycles. The maximum atomic E-state index is 12.9. The number of piperidine rings is 1. The second-order valence-corrected chi connectivity index (χ2v) is 9.85. The summed E-state index contributed by atoms with van der Waals surface area (Å²) < 4.78 is 0. The van der Waals surface area contributed by atoms with Crippen molar-refractivity contribution >= 4 is 23.2 Å². The van der Waals surface area contributed by atoms with E-state index in [1.165, 1.54) is 23.3 Å². The molecular weight excluding hydrogens is 356 g/mol. The molecule has 0 bridgehead atoms. The van der Waals surface area contributed by atoms with Crippen LogP contribution in [0, 0.1) is 11.8 Å². The number of aryl methyl sites for hydroxylation is 1. The van der Waals surface area contributed by atoms with Crippen LogP contribution in [0.4, 0.5) is 0 Å². The van der Waals surface area contributed by atoms with Crippen LogP contribution in [0.1, 0.15) is 72.0 Å². The summed E-state index contributed by atoms with van der Waals surface area (Å²) >= 11 is 1.68. The van der Waals surface area contributed by atoms with Crippen molar-refractivity contribution in [2.75, 3.05) is 26.2 Å². The van der Waals surface area contributed by atoms with E-state index in [0.29, 0.717) is 5.91 Å². The lowest BCUT2D eigenvalue weighted by atomic mass is 9.86. The third-order valence-corrected chi connectivity index (χ3v) is 7.86. The topological polar surface area (TPSA) is 40.6 Å². The van der Waals surface area contributed by atoms with E-state index in [0.717, 1.165) is 81.9 Å². The van der Waals surface area contributed by atoms with E-state index in [-0.39, 0.29) is 11.8 Å². The molecule has 0 unspecified atom stereocenters. The Bertz CT molecular complexity index is 682. The molecule has 3 heterocycles. The van der Waals surface area contributed by atoms with Gasteiger partial charge in [0.1, 0.15) is 0 Å². The van der Waals surface area contributed by atoms with Crippen molar-refractivity contribution in [1.29, 1.82) is 0 Å². The SMILES string of the molecule is CC1CCN(C(=O)[C@@H]2CCc3sc(C(=O)N4CCCCCC4)cc3C2)CC1. The maximum absolute atomic E-state index is 12.9. The van der Waals surface area contributed by atoms with Gasteiger partial charge in [-0.1, -0.05) is 19.8 Å². The first kappa shape index (κ1) is 19.0. The number of hydrogen-bond acceptors (Lipinski definition) is 3. The molecule has 0 saturated carbocycles. The van der Waals surface area contributed by atoms with Crippen molar-refractivity contribution in [2.24, 2.45) is 11.8 Å². The van der Waals surface area contributed by atoms with Gasteiger partial charge in [0.05, 0.1) is 4.88 Å². The summed E-state index contributed by atoms with van der Waals surface area (Å²) in [5.41, 5.74) is 1.26. The van der Waals surface area contributed by atoms with Crippen molar-refractivity contribution < 1.29 is 9.59 Å². The van der Waals surface area contributed by atoms with Crippen LogP contribution < -0.4 is 0 Å². The first-order chi connectivity index (χ1) is 13.1. The van der Waals surface area contributed by atoms with Gasteiger partial charge in [0.2, 0.25) is 5.91 Å². The number of carbonyl (C=O) groups excluding carboxylic acids is 2. The number of carbonyl (C=O) groups is 2. The van der Waals surface area contributed by atoms with Gasteiger partial charge in [0.25, 0.3) is 5.91 Å². The minimum atomic E-state index is 0.113. The van der Waals surface area contributed by atoms with Crippen LogP contribution >= 0.6 is 11.3 Å². The van der Waals surface area contributed by atoms with E-state index < -0.39 is 0 Å². The number of amides is 2. The van der Waals surface area contributed by atoms with Crippen LogP contribution in [0.25, 0.3) is 0 Å². The third-order valence-electron chi connectivity index (χ3n) is 6.63. The molecule has 2 amide bonds. The minimum Gasteiger partial charge on any atom is -0.342 e. The van der Waals surface area contributed by atoms with Crippen molar-refractivity contribution in [3.63, 3.8) is 0 Å². The predicted octanol–water partition coefficient (Wildman–Crippen LogP) is 4.13. The van der Waals surface area contributed by atoms with Gasteiger partial charge in [-0.15, -0.1) is 11.3 Å². The van der Waals surface area contributed by atoms with Gasteiger partial charge in [0.15, 0.2) is 0 Å². The van der Waals surface area contributed by atoms with Gasteiger partial charge in [-0.05, 0) is 62.5 Å². The zero-order valence-corrected chi connectivity index (χ0v) is 17.4. The highest BCUT2D eigenvalue weighted by molar-refractivity contribution is 7.14. The molecule has 1 aromatic rings. The van der Waals surface area contributed by atoms with Crippen LogP contribution in [0.2, 0.25) is 0 Å². The molecule has 3 aliphatic rings. The third kappa shape index (κ3) is 4.23. The Labute approximate surface area is 166 Å². The number of hydrogen-bond donors (Lipinski definition) is 0.